The monoisotopic (exact) mass is 1020 g/mol. The van der Waals surface area contributed by atoms with Crippen molar-refractivity contribution in [1.82, 2.24) is 0 Å². The van der Waals surface area contributed by atoms with Crippen molar-refractivity contribution in [3.8, 4) is 11.8 Å². The first-order valence-electron chi connectivity index (χ1n) is 25.6. The number of carbonyl (C=O) groups is 3. The fourth-order valence-corrected chi connectivity index (χ4v) is 10.1. The number of esters is 3. The van der Waals surface area contributed by atoms with Gasteiger partial charge in [-0.15, -0.1) is 0 Å². The van der Waals surface area contributed by atoms with E-state index in [0.717, 1.165) is 30.4 Å². The highest BCUT2D eigenvalue weighted by Crippen LogP contribution is 2.44. The minimum atomic E-state index is -2.64. The molecule has 0 saturated carbocycles. The van der Waals surface area contributed by atoms with Gasteiger partial charge in [-0.3, -0.25) is 0 Å². The van der Waals surface area contributed by atoms with E-state index in [4.69, 9.17) is 47.1 Å². The van der Waals surface area contributed by atoms with Crippen molar-refractivity contribution >= 4 is 26.2 Å². The van der Waals surface area contributed by atoms with E-state index in [1.807, 2.05) is 60.7 Å². The minimum absolute atomic E-state index is 0.107. The average molecular weight is 1030 g/mol. The third-order valence-electron chi connectivity index (χ3n) is 13.9. The lowest BCUT2D eigenvalue weighted by Crippen LogP contribution is -2.68. The summed E-state index contributed by atoms with van der Waals surface area (Å²) < 4.78 is 67.2. The second kappa shape index (κ2) is 25.0. The molecule has 13 nitrogen and oxygen atoms in total. The van der Waals surface area contributed by atoms with Crippen molar-refractivity contribution in [3.05, 3.63) is 179 Å². The molecule has 3 saturated heterocycles. The first-order chi connectivity index (χ1) is 35.7. The molecular weight excluding hydrogens is 957 g/mol. The summed E-state index contributed by atoms with van der Waals surface area (Å²) in [7, 11) is -2.64. The molecule has 1 unspecified atom stereocenters. The molecule has 0 amide bonds. The summed E-state index contributed by atoms with van der Waals surface area (Å²) in [5.41, 5.74) is 2.76. The van der Waals surface area contributed by atoms with Crippen LogP contribution in [-0.4, -0.2) is 94.2 Å². The van der Waals surface area contributed by atoms with Crippen LogP contribution >= 0.6 is 0 Å². The van der Waals surface area contributed by atoms with E-state index in [-0.39, 0.29) is 34.9 Å². The highest BCUT2D eigenvalue weighted by molar-refractivity contribution is 6.74. The van der Waals surface area contributed by atoms with Crippen LogP contribution < -0.4 is 0 Å². The Balaban J connectivity index is 1.19. The Morgan fingerprint density at radius 3 is 1.86 bits per heavy atom. The molecule has 0 aromatic heterocycles. The molecule has 3 heterocycles. The molecule has 8 rings (SSSR count). The third-order valence-corrected chi connectivity index (χ3v) is 18.4. The van der Waals surface area contributed by atoms with E-state index in [1.165, 1.54) is 0 Å². The van der Waals surface area contributed by atoms with Crippen LogP contribution in [0.1, 0.15) is 114 Å². The smallest absolute Gasteiger partial charge is 0.341 e. The molecule has 3 fully saturated rings. The fourth-order valence-electron chi connectivity index (χ4n) is 8.79. The highest BCUT2D eigenvalue weighted by atomic mass is 28.4. The molecule has 74 heavy (non-hydrogen) atoms. The number of rotatable bonds is 17. The number of hydrogen-bond donors (Lipinski definition) is 0. The van der Waals surface area contributed by atoms with Gasteiger partial charge in [-0.05, 0) is 73.4 Å². The number of carbonyl (C=O) groups excluding carboxylic acids is 3. The summed E-state index contributed by atoms with van der Waals surface area (Å²) in [4.78, 5) is 43.1. The number of hydrogen-bond acceptors (Lipinski definition) is 13. The van der Waals surface area contributed by atoms with Crippen molar-refractivity contribution in [2.75, 3.05) is 6.61 Å². The van der Waals surface area contributed by atoms with Crippen molar-refractivity contribution in [3.63, 3.8) is 0 Å². The van der Waals surface area contributed by atoms with Gasteiger partial charge in [-0.1, -0.05) is 162 Å². The van der Waals surface area contributed by atoms with Crippen molar-refractivity contribution < 1.29 is 61.4 Å². The Morgan fingerprint density at radius 1 is 0.635 bits per heavy atom. The number of unbranched alkanes of at least 4 members (excludes halogenated alkanes) is 3. The lowest BCUT2D eigenvalue weighted by atomic mass is 9.95. The van der Waals surface area contributed by atoms with Crippen molar-refractivity contribution in [1.29, 1.82) is 0 Å². The molecule has 5 aromatic carbocycles. The Hall–Kier alpha value is -5.99. The zero-order chi connectivity index (χ0) is 52.2. The Morgan fingerprint density at radius 2 is 1.23 bits per heavy atom. The molecule has 0 spiro atoms. The van der Waals surface area contributed by atoms with Crippen LogP contribution in [0.2, 0.25) is 18.1 Å². The molecule has 0 aliphatic carbocycles. The maximum Gasteiger partial charge on any atom is 0.341 e. The van der Waals surface area contributed by atoms with Crippen LogP contribution in [-0.2, 0) is 53.7 Å². The zero-order valence-electron chi connectivity index (χ0n) is 43.3. The van der Waals surface area contributed by atoms with Crippen molar-refractivity contribution in [2.45, 2.75) is 153 Å². The van der Waals surface area contributed by atoms with E-state index >= 15 is 0 Å². The summed E-state index contributed by atoms with van der Waals surface area (Å²) in [6.07, 6.45) is -8.44. The Kier molecular flexibility index (Phi) is 18.4. The maximum atomic E-state index is 14.4. The lowest BCUT2D eigenvalue weighted by Gasteiger charge is -2.53. The van der Waals surface area contributed by atoms with Gasteiger partial charge in [0.15, 0.2) is 27.0 Å². The van der Waals surface area contributed by atoms with E-state index in [1.54, 1.807) is 91.9 Å². The molecule has 390 valence electrons. The molecule has 11 atom stereocenters. The Labute approximate surface area is 436 Å². The van der Waals surface area contributed by atoms with Gasteiger partial charge >= 0.3 is 17.9 Å². The predicted octanol–water partition coefficient (Wildman–Crippen LogP) is 11.2. The molecular formula is C60H68O13Si. The summed E-state index contributed by atoms with van der Waals surface area (Å²) >= 11 is 0. The maximum absolute atomic E-state index is 14.4. The minimum Gasteiger partial charge on any atom is -0.452 e. The zero-order valence-corrected chi connectivity index (χ0v) is 44.3. The topological polar surface area (TPSA) is 144 Å². The first kappa shape index (κ1) is 54.3. The van der Waals surface area contributed by atoms with Crippen LogP contribution in [0.25, 0.3) is 0 Å². The average Bonchev–Trinajstić information content (AvgIpc) is 3.41. The van der Waals surface area contributed by atoms with Gasteiger partial charge in [-0.25, -0.2) is 14.4 Å². The lowest BCUT2D eigenvalue weighted by molar-refractivity contribution is -0.384. The van der Waals surface area contributed by atoms with E-state index in [0.29, 0.717) is 12.0 Å². The molecule has 0 radical (unpaired) electrons. The second-order valence-corrected chi connectivity index (χ2v) is 25.1. The number of ether oxygens (including phenoxy) is 9. The first-order valence-corrected chi connectivity index (χ1v) is 28.5. The standard InChI is InChI=1S/C60H68O13Si/c1-8-9-10-11-18-29-42-30-25-26-37-46(42)56(63)72-59-53(69-55(62)44-33-21-14-22-34-44)50(68-54(61)43-31-19-13-20-32-43)48(40(2)66-59)70-58-52(64-38-41-27-16-12-17-28-41)51(73-74(6,7)60(3,4)5)49-47(67-58)39-65-57(71-49)45-35-23-15-24-36-45/h12-17,19-28,30-37,40,47-53,57-59H,8-11,38-39H2,1-7H3/t40-,47+,48-,49+,50+,51-,52-,53+,57+,58-,59?/m0/s1. The molecule has 3 aliphatic rings. The molecule has 0 bridgehead atoms. The summed E-state index contributed by atoms with van der Waals surface area (Å²) in [5, 5.41) is -0.238. The summed E-state index contributed by atoms with van der Waals surface area (Å²) in [5.74, 6) is 3.98. The van der Waals surface area contributed by atoms with Crippen LogP contribution in [0.4, 0.5) is 0 Å². The van der Waals surface area contributed by atoms with Crippen LogP contribution in [0.15, 0.2) is 146 Å². The van der Waals surface area contributed by atoms with Gasteiger partial charge in [0.1, 0.15) is 30.5 Å². The molecule has 14 heteroatoms. The van der Waals surface area contributed by atoms with Crippen LogP contribution in [0, 0.1) is 11.8 Å². The van der Waals surface area contributed by atoms with Gasteiger partial charge in [-0.2, -0.15) is 0 Å². The predicted molar refractivity (Wildman–Crippen MR) is 279 cm³/mol. The van der Waals surface area contributed by atoms with Gasteiger partial charge in [0.2, 0.25) is 12.4 Å². The quantitative estimate of drug-likeness (QED) is 0.0287. The molecule has 5 aromatic rings. The molecule has 3 aliphatic heterocycles. The van der Waals surface area contributed by atoms with Crippen LogP contribution in [0.5, 0.6) is 0 Å². The van der Waals surface area contributed by atoms with Gasteiger partial charge in [0.25, 0.3) is 0 Å². The fraction of sp³-hybridized carbons (Fsp3) is 0.417. The number of fused-ring (bicyclic) bond motifs is 1. The third kappa shape index (κ3) is 13.5. The SMILES string of the molecule is CCCCCC#Cc1ccccc1C(=O)OC1O[C@@H](C)[C@H](O[C@@H]2O[C@@H]3CO[C@@H](c4ccccc4)O[C@H]3[C@H](O[Si](C)(C)C(C)(C)C)[C@@H]2OCc2ccccc2)[C@@H](OC(=O)c2ccccc2)[C@H]1OC(=O)c1ccccc1. The highest BCUT2D eigenvalue weighted by Gasteiger charge is 2.58. The van der Waals surface area contributed by atoms with E-state index < -0.39 is 93.9 Å². The normalized spacial score (nSPS) is 25.9. The summed E-state index contributed by atoms with van der Waals surface area (Å²) in [6.45, 7) is 14.9. The van der Waals surface area contributed by atoms with Crippen LogP contribution in [0.3, 0.4) is 0 Å². The van der Waals surface area contributed by atoms with Gasteiger partial charge in [0, 0.05) is 17.5 Å². The number of benzene rings is 5. The van der Waals surface area contributed by atoms with E-state index in [2.05, 4.69) is 52.6 Å². The van der Waals surface area contributed by atoms with Gasteiger partial charge < -0.3 is 47.1 Å². The summed E-state index contributed by atoms with van der Waals surface area (Å²) in [6, 6.07) is 43.0. The van der Waals surface area contributed by atoms with Gasteiger partial charge in [0.05, 0.1) is 36.0 Å². The molecule has 0 N–H and O–H groups in total. The Bertz CT molecular complexity index is 2670. The van der Waals surface area contributed by atoms with E-state index in [9.17, 15) is 14.4 Å². The largest absolute Gasteiger partial charge is 0.452 e. The second-order valence-electron chi connectivity index (χ2n) is 20.3. The van der Waals surface area contributed by atoms with Crippen molar-refractivity contribution in [2.24, 2.45) is 0 Å².